The maximum atomic E-state index is 2.46. The zero-order chi connectivity index (χ0) is 48.7. The molecule has 0 heteroatoms. The topological polar surface area (TPSA) is 0 Å². The van der Waals surface area contributed by atoms with Crippen LogP contribution >= 0.6 is 0 Å². The second-order valence-corrected chi connectivity index (χ2v) is 19.8. The molecule has 342 valence electrons. The van der Waals surface area contributed by atoms with Crippen molar-refractivity contribution in [3.05, 3.63) is 279 Å². The molecule has 15 aromatic rings. The fraction of sp³-hybridized carbons (Fsp3) is 0. The average molecular weight is 935 g/mol. The predicted octanol–water partition coefficient (Wildman–Crippen LogP) is 20.9. The van der Waals surface area contributed by atoms with Gasteiger partial charge in [-0.25, -0.2) is 0 Å². The van der Waals surface area contributed by atoms with Gasteiger partial charge < -0.3 is 0 Å². The van der Waals surface area contributed by atoms with Crippen LogP contribution in [0.25, 0.3) is 153 Å². The second-order valence-electron chi connectivity index (χ2n) is 19.8. The van der Waals surface area contributed by atoms with Crippen LogP contribution in [0.2, 0.25) is 0 Å². The lowest BCUT2D eigenvalue weighted by atomic mass is 9.82. The third kappa shape index (κ3) is 6.69. The molecule has 0 amide bonds. The monoisotopic (exact) mass is 934 g/mol. The van der Waals surface area contributed by atoms with Gasteiger partial charge in [0.25, 0.3) is 0 Å². The van der Waals surface area contributed by atoms with Crippen LogP contribution in [0, 0.1) is 0 Å². The van der Waals surface area contributed by atoms with Crippen molar-refractivity contribution in [3.8, 4) is 66.8 Å². The van der Waals surface area contributed by atoms with E-state index in [0.717, 1.165) is 0 Å². The van der Waals surface area contributed by atoms with Crippen LogP contribution in [0.4, 0.5) is 0 Å². The lowest BCUT2D eigenvalue weighted by Crippen LogP contribution is -1.94. The Balaban J connectivity index is 0.936. The van der Waals surface area contributed by atoms with Crippen LogP contribution in [0.3, 0.4) is 0 Å². The van der Waals surface area contributed by atoms with Gasteiger partial charge in [-0.2, -0.15) is 0 Å². The average Bonchev–Trinajstić information content (AvgIpc) is 3.48. The first kappa shape index (κ1) is 42.1. The molecule has 0 bridgehead atoms. The SMILES string of the molecule is c1ccc(-c2c3ccccc3c(-c3cc(-c4cccc(-c5ccc6c7ccccc7c7ccccc7c6c5)c4)ccc3-c3cccc(-c4ccc5c6ccccc6c6ccccc6c5c4)c3)c3ccccc23)cc1. The van der Waals surface area contributed by atoms with E-state index in [1.165, 1.54) is 153 Å². The molecule has 0 nitrogen and oxygen atoms in total. The normalized spacial score (nSPS) is 11.8. The molecule has 0 heterocycles. The van der Waals surface area contributed by atoms with Crippen LogP contribution in [0.15, 0.2) is 279 Å². The lowest BCUT2D eigenvalue weighted by molar-refractivity contribution is 1.57. The van der Waals surface area contributed by atoms with Crippen LogP contribution in [-0.4, -0.2) is 0 Å². The maximum absolute atomic E-state index is 2.46. The first-order valence-electron chi connectivity index (χ1n) is 25.7. The quantitative estimate of drug-likeness (QED) is 0.115. The van der Waals surface area contributed by atoms with Crippen molar-refractivity contribution in [1.29, 1.82) is 0 Å². The zero-order valence-electron chi connectivity index (χ0n) is 40.6. The van der Waals surface area contributed by atoms with E-state index >= 15 is 0 Å². The number of rotatable bonds is 6. The molecule has 0 aliphatic carbocycles. The first-order valence-corrected chi connectivity index (χ1v) is 25.7. The van der Waals surface area contributed by atoms with Crippen LogP contribution < -0.4 is 0 Å². The summed E-state index contributed by atoms with van der Waals surface area (Å²) in [5.41, 5.74) is 14.4. The van der Waals surface area contributed by atoms with E-state index in [-0.39, 0.29) is 0 Å². The minimum Gasteiger partial charge on any atom is -0.0622 e. The zero-order valence-corrected chi connectivity index (χ0v) is 40.6. The number of hydrogen-bond acceptors (Lipinski definition) is 0. The molecule has 0 radical (unpaired) electrons. The van der Waals surface area contributed by atoms with Crippen molar-refractivity contribution < 1.29 is 0 Å². The fourth-order valence-electron chi connectivity index (χ4n) is 12.4. The van der Waals surface area contributed by atoms with E-state index in [2.05, 4.69) is 279 Å². The van der Waals surface area contributed by atoms with Crippen molar-refractivity contribution >= 4 is 86.2 Å². The summed E-state index contributed by atoms with van der Waals surface area (Å²) in [6, 6.07) is 104. The third-order valence-electron chi connectivity index (χ3n) is 15.8. The van der Waals surface area contributed by atoms with Gasteiger partial charge in [0.1, 0.15) is 0 Å². The Labute approximate surface area is 429 Å². The molecule has 0 N–H and O–H groups in total. The molecule has 0 aromatic heterocycles. The van der Waals surface area contributed by atoms with E-state index in [4.69, 9.17) is 0 Å². The lowest BCUT2D eigenvalue weighted by Gasteiger charge is -2.21. The van der Waals surface area contributed by atoms with Gasteiger partial charge in [-0.3, -0.25) is 0 Å². The molecule has 0 saturated heterocycles. The van der Waals surface area contributed by atoms with Crippen molar-refractivity contribution in [2.45, 2.75) is 0 Å². The molecule has 0 aliphatic rings. The van der Waals surface area contributed by atoms with Gasteiger partial charge >= 0.3 is 0 Å². The van der Waals surface area contributed by atoms with E-state index in [1.807, 2.05) is 0 Å². The number of fused-ring (bicyclic) bond motifs is 14. The van der Waals surface area contributed by atoms with E-state index in [9.17, 15) is 0 Å². The Hall–Kier alpha value is -9.62. The molecule has 15 aromatic carbocycles. The summed E-state index contributed by atoms with van der Waals surface area (Å²) in [5.74, 6) is 0. The number of hydrogen-bond donors (Lipinski definition) is 0. The highest BCUT2D eigenvalue weighted by molar-refractivity contribution is 6.27. The van der Waals surface area contributed by atoms with Gasteiger partial charge in [0.15, 0.2) is 0 Å². The van der Waals surface area contributed by atoms with Crippen LogP contribution in [0.5, 0.6) is 0 Å². The molecule has 0 unspecified atom stereocenters. The van der Waals surface area contributed by atoms with Crippen molar-refractivity contribution in [1.82, 2.24) is 0 Å². The predicted molar refractivity (Wildman–Crippen MR) is 319 cm³/mol. The third-order valence-corrected chi connectivity index (χ3v) is 15.8. The molecule has 0 fully saturated rings. The molecular weight excluding hydrogens is 889 g/mol. The molecule has 0 aliphatic heterocycles. The largest absolute Gasteiger partial charge is 0.0622 e. The minimum atomic E-state index is 1.17. The molecule has 15 rings (SSSR count). The molecule has 0 atom stereocenters. The van der Waals surface area contributed by atoms with Gasteiger partial charge in [0, 0.05) is 0 Å². The minimum absolute atomic E-state index is 1.17. The highest BCUT2D eigenvalue weighted by atomic mass is 14.2. The maximum Gasteiger partial charge on any atom is -0.00199 e. The van der Waals surface area contributed by atoms with E-state index in [1.54, 1.807) is 0 Å². The molecule has 0 saturated carbocycles. The summed E-state index contributed by atoms with van der Waals surface area (Å²) in [4.78, 5) is 0. The van der Waals surface area contributed by atoms with Crippen LogP contribution in [-0.2, 0) is 0 Å². The summed E-state index contributed by atoms with van der Waals surface area (Å²) in [7, 11) is 0. The fourth-order valence-corrected chi connectivity index (χ4v) is 12.4. The highest BCUT2D eigenvalue weighted by Crippen LogP contribution is 2.48. The Morgan fingerprint density at radius 2 is 0.405 bits per heavy atom. The summed E-state index contributed by atoms with van der Waals surface area (Å²) in [5, 5.41) is 20.4. The van der Waals surface area contributed by atoms with Crippen LogP contribution in [0.1, 0.15) is 0 Å². The van der Waals surface area contributed by atoms with Gasteiger partial charge in [-0.05, 0) is 183 Å². The Kier molecular flexibility index (Phi) is 9.68. The van der Waals surface area contributed by atoms with E-state index in [0.29, 0.717) is 0 Å². The summed E-state index contributed by atoms with van der Waals surface area (Å²) < 4.78 is 0. The Bertz CT molecular complexity index is 4640. The second kappa shape index (κ2) is 17.0. The van der Waals surface area contributed by atoms with Crippen molar-refractivity contribution in [2.24, 2.45) is 0 Å². The van der Waals surface area contributed by atoms with E-state index < -0.39 is 0 Å². The van der Waals surface area contributed by atoms with Gasteiger partial charge in [-0.1, -0.05) is 249 Å². The summed E-state index contributed by atoms with van der Waals surface area (Å²) >= 11 is 0. The molecule has 0 spiro atoms. The highest BCUT2D eigenvalue weighted by Gasteiger charge is 2.21. The molecular formula is C74H46. The Morgan fingerprint density at radius 1 is 0.122 bits per heavy atom. The summed E-state index contributed by atoms with van der Waals surface area (Å²) in [6.45, 7) is 0. The van der Waals surface area contributed by atoms with Gasteiger partial charge in [-0.15, -0.1) is 0 Å². The number of benzene rings is 15. The molecule has 74 heavy (non-hydrogen) atoms. The van der Waals surface area contributed by atoms with Gasteiger partial charge in [0.05, 0.1) is 0 Å². The standard InChI is InChI=1S/C74H46/c1-2-18-47(19-3-1)73-66-32-12-14-34-68(66)74(69-35-15-13-33-67(69)73)72-46-53(49-21-16-20-48(42-49)51-37-40-64-60-28-6-4-24-56(60)58-26-8-10-30-62(58)70(64)44-51)36-39-55(72)54-23-17-22-50(43-54)52-38-41-65-61-29-7-5-25-57(61)59-27-9-11-31-63(59)71(65)45-52/h1-46H. The smallest absolute Gasteiger partial charge is 0.00199 e. The Morgan fingerprint density at radius 3 is 0.838 bits per heavy atom. The van der Waals surface area contributed by atoms with Crippen molar-refractivity contribution in [2.75, 3.05) is 0 Å². The summed E-state index contributed by atoms with van der Waals surface area (Å²) in [6.07, 6.45) is 0. The first-order chi connectivity index (χ1) is 36.7. The van der Waals surface area contributed by atoms with Crippen molar-refractivity contribution in [3.63, 3.8) is 0 Å². The van der Waals surface area contributed by atoms with Gasteiger partial charge in [0.2, 0.25) is 0 Å².